The zero-order valence-corrected chi connectivity index (χ0v) is 15.0. The predicted octanol–water partition coefficient (Wildman–Crippen LogP) is 6.04. The largest absolute Gasteiger partial charge is 0.417 e. The van der Waals surface area contributed by atoms with Gasteiger partial charge >= 0.3 is 6.18 Å². The minimum Gasteiger partial charge on any atom is -0.298 e. The van der Waals surface area contributed by atoms with E-state index in [1.165, 1.54) is 23.5 Å². The fourth-order valence-electron chi connectivity index (χ4n) is 2.42. The third kappa shape index (κ3) is 3.89. The minimum atomic E-state index is -4.61. The summed E-state index contributed by atoms with van der Waals surface area (Å²) in [7, 11) is 0. The molecule has 0 unspecified atom stereocenters. The van der Waals surface area contributed by atoms with Crippen LogP contribution in [0.25, 0.3) is 11.3 Å². The standard InChI is InChI=1S/C18H12ClF3N2OS/c1-10-15(11-6-8-12(19)9-7-11)23-17(26-10)24-16(25)13-4-2-3-5-14(13)18(20,21)22/h2-9H,1H3,(H,23,24,25). The van der Waals surface area contributed by atoms with Crippen molar-refractivity contribution in [2.45, 2.75) is 13.1 Å². The van der Waals surface area contributed by atoms with Gasteiger partial charge in [0.1, 0.15) is 0 Å². The maximum Gasteiger partial charge on any atom is 0.417 e. The first-order chi connectivity index (χ1) is 12.3. The summed E-state index contributed by atoms with van der Waals surface area (Å²) in [6.45, 7) is 1.82. The number of hydrogen-bond donors (Lipinski definition) is 1. The van der Waals surface area contributed by atoms with Crippen molar-refractivity contribution in [3.05, 3.63) is 69.6 Å². The number of carbonyl (C=O) groups excluding carboxylic acids is 1. The van der Waals surface area contributed by atoms with E-state index < -0.39 is 23.2 Å². The molecule has 2 aromatic carbocycles. The van der Waals surface area contributed by atoms with Crippen LogP contribution in [0.4, 0.5) is 18.3 Å². The predicted molar refractivity (Wildman–Crippen MR) is 96.7 cm³/mol. The van der Waals surface area contributed by atoms with Crippen LogP contribution >= 0.6 is 22.9 Å². The Kier molecular flexibility index (Phi) is 5.02. The van der Waals surface area contributed by atoms with Crippen LogP contribution < -0.4 is 5.32 Å². The van der Waals surface area contributed by atoms with Gasteiger partial charge in [0.15, 0.2) is 5.13 Å². The SMILES string of the molecule is Cc1sc(NC(=O)c2ccccc2C(F)(F)F)nc1-c1ccc(Cl)cc1. The molecule has 1 aromatic heterocycles. The molecule has 0 radical (unpaired) electrons. The fraction of sp³-hybridized carbons (Fsp3) is 0.111. The molecule has 1 N–H and O–H groups in total. The number of nitrogens with zero attached hydrogens (tertiary/aromatic N) is 1. The molecule has 0 aliphatic heterocycles. The molecule has 0 fully saturated rings. The van der Waals surface area contributed by atoms with Crippen molar-refractivity contribution in [1.29, 1.82) is 0 Å². The molecule has 0 saturated heterocycles. The van der Waals surface area contributed by atoms with Gasteiger partial charge in [-0.2, -0.15) is 13.2 Å². The molecule has 0 saturated carbocycles. The van der Waals surface area contributed by atoms with Crippen LogP contribution in [0.5, 0.6) is 0 Å². The number of carbonyl (C=O) groups is 1. The van der Waals surface area contributed by atoms with Crippen LogP contribution in [0.15, 0.2) is 48.5 Å². The first-order valence-electron chi connectivity index (χ1n) is 7.46. The monoisotopic (exact) mass is 396 g/mol. The Morgan fingerprint density at radius 3 is 2.42 bits per heavy atom. The zero-order chi connectivity index (χ0) is 18.9. The molecule has 3 aromatic rings. The lowest BCUT2D eigenvalue weighted by molar-refractivity contribution is -0.137. The molecule has 3 rings (SSSR count). The Morgan fingerprint density at radius 1 is 1.12 bits per heavy atom. The van der Waals surface area contributed by atoms with Gasteiger partial charge in [-0.15, -0.1) is 11.3 Å². The molecule has 3 nitrogen and oxygen atoms in total. The average molecular weight is 397 g/mol. The third-order valence-corrected chi connectivity index (χ3v) is 4.75. The number of anilines is 1. The van der Waals surface area contributed by atoms with Crippen molar-refractivity contribution in [1.82, 2.24) is 4.98 Å². The highest BCUT2D eigenvalue weighted by Gasteiger charge is 2.35. The van der Waals surface area contributed by atoms with Crippen molar-refractivity contribution >= 4 is 34.0 Å². The molecular weight excluding hydrogens is 385 g/mol. The van der Waals surface area contributed by atoms with E-state index in [1.807, 2.05) is 6.92 Å². The summed E-state index contributed by atoms with van der Waals surface area (Å²) in [6.07, 6.45) is -4.61. The van der Waals surface area contributed by atoms with Crippen LogP contribution in [-0.4, -0.2) is 10.9 Å². The van der Waals surface area contributed by atoms with E-state index in [1.54, 1.807) is 24.3 Å². The quantitative estimate of drug-likeness (QED) is 0.586. The number of amides is 1. The molecule has 0 aliphatic rings. The first-order valence-corrected chi connectivity index (χ1v) is 8.66. The third-order valence-electron chi connectivity index (χ3n) is 3.61. The van der Waals surface area contributed by atoms with Crippen LogP contribution in [0.1, 0.15) is 20.8 Å². The Hall–Kier alpha value is -2.38. The lowest BCUT2D eigenvalue weighted by Gasteiger charge is -2.11. The summed E-state index contributed by atoms with van der Waals surface area (Å²) in [6, 6.07) is 11.6. The lowest BCUT2D eigenvalue weighted by Crippen LogP contribution is -2.18. The number of alkyl halides is 3. The first kappa shape index (κ1) is 18.4. The summed E-state index contributed by atoms with van der Waals surface area (Å²) in [5, 5.41) is 3.27. The topological polar surface area (TPSA) is 42.0 Å². The van der Waals surface area contributed by atoms with E-state index in [9.17, 15) is 18.0 Å². The lowest BCUT2D eigenvalue weighted by atomic mass is 10.1. The van der Waals surface area contributed by atoms with Crippen molar-refractivity contribution in [3.63, 3.8) is 0 Å². The number of rotatable bonds is 3. The Bertz CT molecular complexity index is 952. The summed E-state index contributed by atoms with van der Waals surface area (Å²) in [4.78, 5) is 17.5. The van der Waals surface area contributed by atoms with Gasteiger partial charge in [-0.3, -0.25) is 10.1 Å². The Balaban J connectivity index is 1.88. The Morgan fingerprint density at radius 2 is 1.77 bits per heavy atom. The fourth-order valence-corrected chi connectivity index (χ4v) is 3.38. The number of benzene rings is 2. The molecule has 0 spiro atoms. The zero-order valence-electron chi connectivity index (χ0n) is 13.4. The molecular formula is C18H12ClF3N2OS. The highest BCUT2D eigenvalue weighted by Crippen LogP contribution is 2.34. The smallest absolute Gasteiger partial charge is 0.298 e. The molecule has 26 heavy (non-hydrogen) atoms. The van der Waals surface area contributed by atoms with Gasteiger partial charge in [0.05, 0.1) is 16.8 Å². The van der Waals surface area contributed by atoms with Crippen LogP contribution in [0.3, 0.4) is 0 Å². The molecule has 0 bridgehead atoms. The van der Waals surface area contributed by atoms with Gasteiger partial charge in [0.25, 0.3) is 5.91 Å². The maximum atomic E-state index is 13.1. The molecule has 0 atom stereocenters. The number of aromatic nitrogens is 1. The van der Waals surface area contributed by atoms with Gasteiger partial charge in [0, 0.05) is 15.5 Å². The highest BCUT2D eigenvalue weighted by molar-refractivity contribution is 7.16. The van der Waals surface area contributed by atoms with Gasteiger partial charge in [-0.05, 0) is 31.2 Å². The average Bonchev–Trinajstić information content (AvgIpc) is 2.95. The number of hydrogen-bond acceptors (Lipinski definition) is 3. The van der Waals surface area contributed by atoms with E-state index in [4.69, 9.17) is 11.6 Å². The maximum absolute atomic E-state index is 13.1. The summed E-state index contributed by atoms with van der Waals surface area (Å²) >= 11 is 7.06. The van der Waals surface area contributed by atoms with Crippen molar-refractivity contribution in [2.75, 3.05) is 5.32 Å². The van der Waals surface area contributed by atoms with Crippen molar-refractivity contribution in [3.8, 4) is 11.3 Å². The Labute approximate surface area is 156 Å². The van der Waals surface area contributed by atoms with Crippen molar-refractivity contribution in [2.24, 2.45) is 0 Å². The van der Waals surface area contributed by atoms with E-state index in [0.29, 0.717) is 10.7 Å². The highest BCUT2D eigenvalue weighted by atomic mass is 35.5. The normalized spacial score (nSPS) is 11.4. The van der Waals surface area contributed by atoms with E-state index in [2.05, 4.69) is 10.3 Å². The minimum absolute atomic E-state index is 0.231. The molecule has 1 amide bonds. The van der Waals surface area contributed by atoms with E-state index in [-0.39, 0.29) is 5.13 Å². The molecule has 1 heterocycles. The van der Waals surface area contributed by atoms with Gasteiger partial charge in [-0.1, -0.05) is 35.9 Å². The second-order valence-electron chi connectivity index (χ2n) is 5.43. The second-order valence-corrected chi connectivity index (χ2v) is 7.07. The molecule has 134 valence electrons. The number of halogens is 4. The van der Waals surface area contributed by atoms with Crippen LogP contribution in [-0.2, 0) is 6.18 Å². The molecule has 0 aliphatic carbocycles. The second kappa shape index (κ2) is 7.09. The van der Waals surface area contributed by atoms with Gasteiger partial charge < -0.3 is 0 Å². The number of nitrogens with one attached hydrogen (secondary N) is 1. The summed E-state index contributed by atoms with van der Waals surface area (Å²) in [5.74, 6) is -0.852. The van der Waals surface area contributed by atoms with E-state index in [0.717, 1.165) is 22.6 Å². The number of thiazole rings is 1. The van der Waals surface area contributed by atoms with Crippen LogP contribution in [0.2, 0.25) is 5.02 Å². The number of aryl methyl sites for hydroxylation is 1. The van der Waals surface area contributed by atoms with Gasteiger partial charge in [-0.25, -0.2) is 4.98 Å². The summed E-state index contributed by atoms with van der Waals surface area (Å²) in [5.41, 5.74) is 0.0232. The van der Waals surface area contributed by atoms with Crippen LogP contribution in [0, 0.1) is 6.92 Å². The molecule has 8 heteroatoms. The van der Waals surface area contributed by atoms with Gasteiger partial charge in [0.2, 0.25) is 0 Å². The van der Waals surface area contributed by atoms with E-state index >= 15 is 0 Å². The van der Waals surface area contributed by atoms with Crippen molar-refractivity contribution < 1.29 is 18.0 Å². The summed E-state index contributed by atoms with van der Waals surface area (Å²) < 4.78 is 39.2.